The van der Waals surface area contributed by atoms with Gasteiger partial charge < -0.3 is 9.90 Å². The molecule has 0 aromatic heterocycles. The number of nitro benzene ring substituents is 1. The van der Waals surface area contributed by atoms with Crippen LogP contribution in [0.15, 0.2) is 53.4 Å². The first-order valence-electron chi connectivity index (χ1n) is 9.86. The number of carbonyl (C=O) groups excluding carboxylic acids is 1. The van der Waals surface area contributed by atoms with E-state index >= 15 is 0 Å². The van der Waals surface area contributed by atoms with Crippen LogP contribution < -0.4 is 5.11 Å². The topological polar surface area (TPSA) is 121 Å². The summed E-state index contributed by atoms with van der Waals surface area (Å²) in [6, 6.07) is 10.1. The smallest absolute Gasteiger partial charge is 0.269 e. The second-order valence-electron chi connectivity index (χ2n) is 7.71. The van der Waals surface area contributed by atoms with E-state index in [4.69, 9.17) is 0 Å². The summed E-state index contributed by atoms with van der Waals surface area (Å²) in [5.74, 6) is -2.08. The van der Waals surface area contributed by atoms with Gasteiger partial charge in [0.25, 0.3) is 5.69 Å². The Morgan fingerprint density at radius 2 is 1.61 bits per heavy atom. The van der Waals surface area contributed by atoms with Gasteiger partial charge in [-0.2, -0.15) is 4.31 Å². The molecule has 0 atom stereocenters. The Labute approximate surface area is 179 Å². The van der Waals surface area contributed by atoms with Gasteiger partial charge in [0.2, 0.25) is 10.0 Å². The number of benzene rings is 2. The highest BCUT2D eigenvalue weighted by Crippen LogP contribution is 2.31. The molecule has 10 heteroatoms. The Balaban J connectivity index is 1.84. The zero-order valence-electron chi connectivity index (χ0n) is 16.6. The van der Waals surface area contributed by atoms with Gasteiger partial charge in [0.15, 0.2) is 0 Å². The summed E-state index contributed by atoms with van der Waals surface area (Å²) in [5, 5.41) is 21.9. The quantitative estimate of drug-likeness (QED) is 0.451. The van der Waals surface area contributed by atoms with Gasteiger partial charge in [-0.15, -0.1) is 0 Å². The number of carbonyl (C=O) groups is 1. The van der Waals surface area contributed by atoms with E-state index in [0.29, 0.717) is 31.2 Å². The number of hydrogen-bond donors (Lipinski definition) is 0. The van der Waals surface area contributed by atoms with E-state index in [1.54, 1.807) is 0 Å². The van der Waals surface area contributed by atoms with Crippen molar-refractivity contribution in [2.75, 3.05) is 6.54 Å². The van der Waals surface area contributed by atoms with Crippen LogP contribution in [0.1, 0.15) is 31.2 Å². The highest BCUT2D eigenvalue weighted by molar-refractivity contribution is 7.89. The molecule has 0 heterocycles. The van der Waals surface area contributed by atoms with Gasteiger partial charge in [-0.1, -0.05) is 12.1 Å². The van der Waals surface area contributed by atoms with Crippen molar-refractivity contribution in [3.8, 4) is 0 Å². The summed E-state index contributed by atoms with van der Waals surface area (Å²) in [4.78, 5) is 21.3. The second kappa shape index (κ2) is 9.52. The van der Waals surface area contributed by atoms with Crippen molar-refractivity contribution in [2.45, 2.75) is 37.1 Å². The summed E-state index contributed by atoms with van der Waals surface area (Å²) < 4.78 is 41.1. The number of hydrogen-bond acceptors (Lipinski definition) is 6. The van der Waals surface area contributed by atoms with Crippen LogP contribution in [0.5, 0.6) is 0 Å². The van der Waals surface area contributed by atoms with Crippen LogP contribution in [0.3, 0.4) is 0 Å². The predicted octanol–water partition coefficient (Wildman–Crippen LogP) is 2.48. The third-order valence-corrected chi connectivity index (χ3v) is 7.43. The average molecular weight is 449 g/mol. The van der Waals surface area contributed by atoms with E-state index in [9.17, 15) is 32.8 Å². The number of sulfonamides is 1. The third-order valence-electron chi connectivity index (χ3n) is 5.60. The largest absolute Gasteiger partial charge is 0.550 e. The molecule has 31 heavy (non-hydrogen) atoms. The molecule has 0 unspecified atom stereocenters. The minimum Gasteiger partial charge on any atom is -0.550 e. The molecule has 1 aliphatic carbocycles. The van der Waals surface area contributed by atoms with Crippen LogP contribution in [-0.4, -0.2) is 30.2 Å². The number of aliphatic carboxylic acids is 1. The van der Waals surface area contributed by atoms with E-state index in [0.717, 1.165) is 12.1 Å². The molecule has 0 saturated heterocycles. The molecular formula is C21H22FN2O6S-. The van der Waals surface area contributed by atoms with Crippen molar-refractivity contribution in [3.05, 3.63) is 70.0 Å². The fraction of sp³-hybridized carbons (Fsp3) is 0.381. The van der Waals surface area contributed by atoms with Crippen LogP contribution in [0.4, 0.5) is 10.1 Å². The molecule has 0 amide bonds. The number of non-ortho nitro benzene ring substituents is 1. The molecule has 1 aliphatic rings. The Hall–Kier alpha value is -2.85. The SMILES string of the molecule is O=C([O-])C1CCC(CN(Cc2ccc(F)cc2)S(=O)(=O)c2ccc([N+](=O)[O-])cc2)CC1. The molecule has 8 nitrogen and oxygen atoms in total. The first kappa shape index (κ1) is 22.8. The van der Waals surface area contributed by atoms with E-state index in [1.165, 1.54) is 40.7 Å². The van der Waals surface area contributed by atoms with Crippen molar-refractivity contribution in [2.24, 2.45) is 11.8 Å². The van der Waals surface area contributed by atoms with E-state index in [2.05, 4.69) is 0 Å². The second-order valence-corrected chi connectivity index (χ2v) is 9.65. The van der Waals surface area contributed by atoms with Crippen LogP contribution in [0, 0.1) is 27.8 Å². The summed E-state index contributed by atoms with van der Waals surface area (Å²) in [7, 11) is -3.99. The lowest BCUT2D eigenvalue weighted by atomic mass is 9.82. The zero-order valence-corrected chi connectivity index (χ0v) is 17.5. The summed E-state index contributed by atoms with van der Waals surface area (Å²) in [6.07, 6.45) is 1.95. The molecule has 0 radical (unpaired) electrons. The summed E-state index contributed by atoms with van der Waals surface area (Å²) in [6.45, 7) is 0.163. The number of carboxylic acid groups (broad SMARTS) is 1. The predicted molar refractivity (Wildman–Crippen MR) is 108 cm³/mol. The number of carboxylic acids is 1. The Morgan fingerprint density at radius 1 is 1.03 bits per heavy atom. The molecule has 0 bridgehead atoms. The highest BCUT2D eigenvalue weighted by Gasteiger charge is 2.30. The van der Waals surface area contributed by atoms with Crippen LogP contribution in [0.2, 0.25) is 0 Å². The first-order chi connectivity index (χ1) is 14.7. The minimum absolute atomic E-state index is 0.0000154. The molecule has 2 aromatic rings. The van der Waals surface area contributed by atoms with E-state index in [1.807, 2.05) is 0 Å². The van der Waals surface area contributed by atoms with Gasteiger partial charge in [0.05, 0.1) is 9.82 Å². The van der Waals surface area contributed by atoms with Gasteiger partial charge in [0, 0.05) is 31.2 Å². The normalized spacial score (nSPS) is 19.3. The fourth-order valence-corrected chi connectivity index (χ4v) is 5.30. The van der Waals surface area contributed by atoms with Gasteiger partial charge >= 0.3 is 0 Å². The molecule has 0 aliphatic heterocycles. The lowest BCUT2D eigenvalue weighted by molar-refractivity contribution is -0.384. The van der Waals surface area contributed by atoms with Crippen LogP contribution in [-0.2, 0) is 21.4 Å². The Morgan fingerprint density at radius 3 is 2.13 bits per heavy atom. The lowest BCUT2D eigenvalue weighted by Gasteiger charge is -2.32. The molecule has 0 spiro atoms. The monoisotopic (exact) mass is 449 g/mol. The summed E-state index contributed by atoms with van der Waals surface area (Å²) >= 11 is 0. The Kier molecular flexibility index (Phi) is 7.01. The molecule has 3 rings (SSSR count). The van der Waals surface area contributed by atoms with Crippen molar-refractivity contribution in [3.63, 3.8) is 0 Å². The zero-order chi connectivity index (χ0) is 22.6. The molecule has 2 aromatic carbocycles. The number of halogens is 1. The van der Waals surface area contributed by atoms with Crippen molar-refractivity contribution in [1.82, 2.24) is 4.31 Å². The van der Waals surface area contributed by atoms with Gasteiger partial charge in [-0.3, -0.25) is 10.1 Å². The first-order valence-corrected chi connectivity index (χ1v) is 11.3. The third kappa shape index (κ3) is 5.65. The van der Waals surface area contributed by atoms with Crippen molar-refractivity contribution in [1.29, 1.82) is 0 Å². The van der Waals surface area contributed by atoms with Crippen LogP contribution in [0.25, 0.3) is 0 Å². The maximum atomic E-state index is 13.3. The Bertz CT molecular complexity index is 1030. The summed E-state index contributed by atoms with van der Waals surface area (Å²) in [5.41, 5.74) is 0.375. The molecule has 0 N–H and O–H groups in total. The molecule has 1 saturated carbocycles. The van der Waals surface area contributed by atoms with Crippen molar-refractivity contribution < 1.29 is 27.6 Å². The number of nitrogens with zero attached hydrogens (tertiary/aromatic N) is 2. The van der Waals surface area contributed by atoms with Crippen LogP contribution >= 0.6 is 0 Å². The van der Waals surface area contributed by atoms with Gasteiger partial charge in [-0.25, -0.2) is 12.8 Å². The molecule has 166 valence electrons. The van der Waals surface area contributed by atoms with Crippen molar-refractivity contribution >= 4 is 21.7 Å². The van der Waals surface area contributed by atoms with E-state index in [-0.39, 0.29) is 29.6 Å². The molecule has 1 fully saturated rings. The lowest BCUT2D eigenvalue weighted by Crippen LogP contribution is -2.38. The van der Waals surface area contributed by atoms with Gasteiger partial charge in [0.1, 0.15) is 5.82 Å². The standard InChI is InChI=1S/C21H23FN2O6S/c22-18-7-3-16(4-8-18)14-23(13-15-1-5-17(6-2-15)21(25)26)31(29,30)20-11-9-19(10-12-20)24(27)28/h3-4,7-12,15,17H,1-2,5-6,13-14H2,(H,25,26)/p-1. The van der Waals surface area contributed by atoms with Gasteiger partial charge in [-0.05, 0) is 67.3 Å². The molecular weight excluding hydrogens is 427 g/mol. The number of rotatable bonds is 8. The fourth-order valence-electron chi connectivity index (χ4n) is 3.80. The average Bonchev–Trinajstić information content (AvgIpc) is 2.75. The number of nitro groups is 1. The highest BCUT2D eigenvalue weighted by atomic mass is 32.2. The maximum absolute atomic E-state index is 13.3. The minimum atomic E-state index is -3.99. The maximum Gasteiger partial charge on any atom is 0.269 e. The van der Waals surface area contributed by atoms with E-state index < -0.39 is 32.7 Å².